The third-order valence-corrected chi connectivity index (χ3v) is 6.06. The fourth-order valence-corrected chi connectivity index (χ4v) is 4.18. The summed E-state index contributed by atoms with van der Waals surface area (Å²) < 4.78 is 32.5. The minimum Gasteiger partial charge on any atom is -0.495 e. The number of hydrogen-bond donors (Lipinski definition) is 2. The number of methoxy groups -OCH3 is 1. The molecule has 3 rings (SSSR count). The molecule has 1 amide bonds. The van der Waals surface area contributed by atoms with Crippen molar-refractivity contribution in [1.82, 2.24) is 10.2 Å². The number of nitrogens with zero attached hydrogens (tertiary/aromatic N) is 2. The normalized spacial score (nSPS) is 11.0. The quantitative estimate of drug-likeness (QED) is 0.611. The lowest BCUT2D eigenvalue weighted by Gasteiger charge is -2.10. The van der Waals surface area contributed by atoms with Crippen molar-refractivity contribution in [3.8, 4) is 5.75 Å². The van der Waals surface area contributed by atoms with E-state index in [2.05, 4.69) is 20.2 Å². The van der Waals surface area contributed by atoms with Crippen LogP contribution in [0.2, 0.25) is 0 Å². The van der Waals surface area contributed by atoms with Crippen LogP contribution in [0.3, 0.4) is 0 Å². The number of aromatic nitrogens is 2. The zero-order valence-electron chi connectivity index (χ0n) is 14.5. The van der Waals surface area contributed by atoms with Gasteiger partial charge in [-0.15, -0.1) is 10.2 Å². The van der Waals surface area contributed by atoms with Crippen molar-refractivity contribution in [3.63, 3.8) is 0 Å². The van der Waals surface area contributed by atoms with Crippen molar-refractivity contribution < 1.29 is 17.9 Å². The SMILES string of the molecule is COc1ccc(C)cc1NS(=O)(=O)c1nnc(NC(=O)c2ccccc2)s1. The number of carbonyl (C=O) groups is 1. The molecule has 0 aliphatic carbocycles. The van der Waals surface area contributed by atoms with Gasteiger partial charge in [-0.25, -0.2) is 0 Å². The van der Waals surface area contributed by atoms with Crippen LogP contribution in [0.1, 0.15) is 15.9 Å². The molecule has 0 fully saturated rings. The first-order valence-electron chi connectivity index (χ1n) is 7.76. The highest BCUT2D eigenvalue weighted by molar-refractivity contribution is 7.94. The molecule has 0 saturated carbocycles. The molecule has 0 aliphatic heterocycles. The molecule has 0 radical (unpaired) electrons. The number of rotatable bonds is 6. The van der Waals surface area contributed by atoms with E-state index in [4.69, 9.17) is 4.74 Å². The topological polar surface area (TPSA) is 110 Å². The van der Waals surface area contributed by atoms with E-state index in [1.165, 1.54) is 7.11 Å². The molecule has 0 aliphatic rings. The van der Waals surface area contributed by atoms with Gasteiger partial charge in [0.25, 0.3) is 20.3 Å². The van der Waals surface area contributed by atoms with Crippen molar-refractivity contribution in [2.45, 2.75) is 11.3 Å². The smallest absolute Gasteiger partial charge is 0.291 e. The van der Waals surface area contributed by atoms with Crippen molar-refractivity contribution in [1.29, 1.82) is 0 Å². The van der Waals surface area contributed by atoms with Gasteiger partial charge in [-0.05, 0) is 36.8 Å². The monoisotopic (exact) mass is 404 g/mol. The fraction of sp³-hybridized carbons (Fsp3) is 0.118. The number of amides is 1. The Morgan fingerprint density at radius 3 is 2.56 bits per heavy atom. The summed E-state index contributed by atoms with van der Waals surface area (Å²) in [6.07, 6.45) is 0. The number of carbonyl (C=O) groups excluding carboxylic acids is 1. The summed E-state index contributed by atoms with van der Waals surface area (Å²) in [5.74, 6) is -0.0182. The Balaban J connectivity index is 1.79. The summed E-state index contributed by atoms with van der Waals surface area (Å²) in [5.41, 5.74) is 1.59. The number of ether oxygens (including phenoxy) is 1. The maximum absolute atomic E-state index is 12.6. The number of benzene rings is 2. The minimum atomic E-state index is -3.98. The van der Waals surface area contributed by atoms with Crippen LogP contribution in [-0.2, 0) is 10.0 Å². The van der Waals surface area contributed by atoms with E-state index in [0.717, 1.165) is 16.9 Å². The van der Waals surface area contributed by atoms with Gasteiger partial charge in [0.2, 0.25) is 5.13 Å². The average Bonchev–Trinajstić information content (AvgIpc) is 3.12. The van der Waals surface area contributed by atoms with E-state index < -0.39 is 15.9 Å². The van der Waals surface area contributed by atoms with Gasteiger partial charge in [-0.3, -0.25) is 14.8 Å². The lowest BCUT2D eigenvalue weighted by atomic mass is 10.2. The summed E-state index contributed by atoms with van der Waals surface area (Å²) in [7, 11) is -2.53. The summed E-state index contributed by atoms with van der Waals surface area (Å²) in [4.78, 5) is 12.1. The fourth-order valence-electron chi connectivity index (χ4n) is 2.22. The first-order chi connectivity index (χ1) is 12.9. The second kappa shape index (κ2) is 7.72. The zero-order chi connectivity index (χ0) is 19.4. The molecule has 27 heavy (non-hydrogen) atoms. The van der Waals surface area contributed by atoms with E-state index in [9.17, 15) is 13.2 Å². The summed E-state index contributed by atoms with van der Waals surface area (Å²) >= 11 is 0.754. The number of anilines is 2. The van der Waals surface area contributed by atoms with Crippen LogP contribution in [0, 0.1) is 6.92 Å². The molecule has 0 saturated heterocycles. The molecule has 3 aromatic rings. The highest BCUT2D eigenvalue weighted by Gasteiger charge is 2.22. The molecule has 0 atom stereocenters. The molecular weight excluding hydrogens is 388 g/mol. The van der Waals surface area contributed by atoms with E-state index in [0.29, 0.717) is 17.0 Å². The van der Waals surface area contributed by atoms with Gasteiger partial charge in [0.05, 0.1) is 12.8 Å². The van der Waals surface area contributed by atoms with Crippen molar-refractivity contribution in [2.75, 3.05) is 17.1 Å². The summed E-state index contributed by atoms with van der Waals surface area (Å²) in [6, 6.07) is 13.6. The van der Waals surface area contributed by atoms with Crippen molar-refractivity contribution >= 4 is 38.1 Å². The predicted molar refractivity (Wildman–Crippen MR) is 103 cm³/mol. The first kappa shape index (κ1) is 18.8. The van der Waals surface area contributed by atoms with Crippen LogP contribution in [0.5, 0.6) is 5.75 Å². The maximum Gasteiger partial charge on any atom is 0.291 e. The molecule has 8 nitrogen and oxygen atoms in total. The molecule has 10 heteroatoms. The predicted octanol–water partition coefficient (Wildman–Crippen LogP) is 2.91. The summed E-state index contributed by atoms with van der Waals surface area (Å²) in [6.45, 7) is 1.83. The van der Waals surface area contributed by atoms with Gasteiger partial charge in [-0.1, -0.05) is 35.6 Å². The van der Waals surface area contributed by atoms with Gasteiger partial charge in [-0.2, -0.15) is 8.42 Å². The number of nitrogens with one attached hydrogen (secondary N) is 2. The lowest BCUT2D eigenvalue weighted by molar-refractivity contribution is 0.102. The second-order valence-corrected chi connectivity index (χ2v) is 8.34. The Labute approximate surface area is 160 Å². The molecule has 140 valence electrons. The molecule has 2 N–H and O–H groups in total. The Morgan fingerprint density at radius 2 is 1.85 bits per heavy atom. The van der Waals surface area contributed by atoms with Gasteiger partial charge in [0, 0.05) is 5.56 Å². The van der Waals surface area contributed by atoms with Crippen LogP contribution in [0.4, 0.5) is 10.8 Å². The Kier molecular flexibility index (Phi) is 5.38. The van der Waals surface area contributed by atoms with Gasteiger partial charge < -0.3 is 4.74 Å². The van der Waals surface area contributed by atoms with Crippen LogP contribution >= 0.6 is 11.3 Å². The van der Waals surface area contributed by atoms with Gasteiger partial charge >= 0.3 is 0 Å². The largest absolute Gasteiger partial charge is 0.495 e. The van der Waals surface area contributed by atoms with E-state index in [-0.39, 0.29) is 9.47 Å². The van der Waals surface area contributed by atoms with Crippen molar-refractivity contribution in [2.24, 2.45) is 0 Å². The second-order valence-electron chi connectivity index (χ2n) is 5.50. The molecular formula is C17H16N4O4S2. The van der Waals surface area contributed by atoms with Gasteiger partial charge in [0.1, 0.15) is 5.75 Å². The Morgan fingerprint density at radius 1 is 1.11 bits per heavy atom. The van der Waals surface area contributed by atoms with Crippen LogP contribution in [0.15, 0.2) is 52.9 Å². The standard InChI is InChI=1S/C17H16N4O4S2/c1-11-8-9-14(25-2)13(10-11)21-27(23,24)17-20-19-16(26-17)18-15(22)12-6-4-3-5-7-12/h3-10,21H,1-2H3,(H,18,19,22). The first-order valence-corrected chi connectivity index (χ1v) is 10.1. The Hall–Kier alpha value is -2.98. The highest BCUT2D eigenvalue weighted by atomic mass is 32.2. The molecule has 0 spiro atoms. The molecule has 0 unspecified atom stereocenters. The number of aryl methyl sites for hydroxylation is 1. The third-order valence-electron chi connectivity index (χ3n) is 3.49. The zero-order valence-corrected chi connectivity index (χ0v) is 16.1. The van der Waals surface area contributed by atoms with E-state index >= 15 is 0 Å². The van der Waals surface area contributed by atoms with E-state index in [1.54, 1.807) is 48.5 Å². The van der Waals surface area contributed by atoms with Gasteiger partial charge in [0.15, 0.2) is 0 Å². The number of sulfonamides is 1. The molecule has 1 aromatic heterocycles. The van der Waals surface area contributed by atoms with Crippen LogP contribution in [-0.4, -0.2) is 31.6 Å². The number of hydrogen-bond acceptors (Lipinski definition) is 7. The van der Waals surface area contributed by atoms with E-state index in [1.807, 2.05) is 6.92 Å². The van der Waals surface area contributed by atoms with Crippen LogP contribution in [0.25, 0.3) is 0 Å². The summed E-state index contributed by atoms with van der Waals surface area (Å²) in [5, 5.41) is 10.0. The van der Waals surface area contributed by atoms with Crippen LogP contribution < -0.4 is 14.8 Å². The molecule has 1 heterocycles. The Bertz CT molecular complexity index is 1070. The van der Waals surface area contributed by atoms with Crippen molar-refractivity contribution in [3.05, 3.63) is 59.7 Å². The molecule has 0 bridgehead atoms. The average molecular weight is 404 g/mol. The third kappa shape index (κ3) is 4.41. The molecule has 2 aromatic carbocycles. The minimum absolute atomic E-state index is 0.0837. The lowest BCUT2D eigenvalue weighted by Crippen LogP contribution is -2.13. The maximum atomic E-state index is 12.6. The highest BCUT2D eigenvalue weighted by Crippen LogP contribution is 2.29.